The number of aromatic nitrogens is 1. The van der Waals surface area contributed by atoms with Gasteiger partial charge in [0, 0.05) is 47.7 Å². The highest BCUT2D eigenvalue weighted by Crippen LogP contribution is 2.27. The maximum atomic E-state index is 12.2. The summed E-state index contributed by atoms with van der Waals surface area (Å²) in [5, 5.41) is 12.8. The topological polar surface area (TPSA) is 78.4 Å². The number of nitrogens with one attached hydrogen (secondary N) is 3. The zero-order chi connectivity index (χ0) is 23.4. The fourth-order valence-corrected chi connectivity index (χ4v) is 4.60. The van der Waals surface area contributed by atoms with Crippen molar-refractivity contribution < 1.29 is 4.79 Å². The maximum absolute atomic E-state index is 12.2. The van der Waals surface area contributed by atoms with Gasteiger partial charge in [0.25, 0.3) is 5.91 Å². The smallest absolute Gasteiger partial charge is 0.251 e. The molecule has 0 aliphatic carbocycles. The molecule has 33 heavy (non-hydrogen) atoms. The molecule has 1 amide bonds. The molecule has 6 nitrogen and oxygen atoms in total. The first-order valence-electron chi connectivity index (χ1n) is 11.4. The fraction of sp³-hybridized carbons (Fsp3) is 0.346. The van der Waals surface area contributed by atoms with E-state index in [-0.39, 0.29) is 11.9 Å². The molecule has 0 atom stereocenters. The van der Waals surface area contributed by atoms with Gasteiger partial charge in [-0.05, 0) is 69.0 Å². The molecule has 0 radical (unpaired) electrons. The Bertz CT molecular complexity index is 1160. The van der Waals surface area contributed by atoms with Crippen molar-refractivity contribution in [1.82, 2.24) is 15.6 Å². The van der Waals surface area contributed by atoms with Gasteiger partial charge in [-0.2, -0.15) is 0 Å². The summed E-state index contributed by atoms with van der Waals surface area (Å²) in [7, 11) is 0. The van der Waals surface area contributed by atoms with Crippen LogP contribution in [0.15, 0.2) is 46.8 Å². The van der Waals surface area contributed by atoms with Crippen LogP contribution in [-0.4, -0.2) is 36.0 Å². The van der Waals surface area contributed by atoms with Gasteiger partial charge in [0.2, 0.25) is 0 Å². The second kappa shape index (κ2) is 10.2. The average Bonchev–Trinajstić information content (AvgIpc) is 3.26. The van der Waals surface area contributed by atoms with Crippen LogP contribution < -0.4 is 16.0 Å². The molecule has 0 saturated carbocycles. The Kier molecular flexibility index (Phi) is 7.08. The Labute approximate surface area is 199 Å². The van der Waals surface area contributed by atoms with E-state index in [9.17, 15) is 4.79 Å². The monoisotopic (exact) mass is 461 g/mol. The molecule has 1 aliphatic heterocycles. The third-order valence-corrected chi connectivity index (χ3v) is 6.44. The first-order valence-corrected chi connectivity index (χ1v) is 12.3. The number of rotatable bonds is 6. The molecule has 4 rings (SSSR count). The number of carbonyl (C=O) groups excluding carboxylic acids is 1. The number of amides is 1. The lowest BCUT2D eigenvalue weighted by molar-refractivity contribution is 0.0943. The molecule has 3 N–H and O–H groups in total. The third kappa shape index (κ3) is 5.79. The zero-order valence-electron chi connectivity index (χ0n) is 19.7. The van der Waals surface area contributed by atoms with Crippen molar-refractivity contribution in [2.24, 2.45) is 4.99 Å². The second-order valence-corrected chi connectivity index (χ2v) is 9.68. The van der Waals surface area contributed by atoms with Gasteiger partial charge in [0.15, 0.2) is 5.96 Å². The van der Waals surface area contributed by atoms with Gasteiger partial charge < -0.3 is 16.0 Å². The lowest BCUT2D eigenvalue weighted by Gasteiger charge is -2.18. The van der Waals surface area contributed by atoms with Crippen LogP contribution in [-0.2, 0) is 6.42 Å². The Hall–Kier alpha value is -3.19. The molecule has 0 unspecified atom stereocenters. The van der Waals surface area contributed by atoms with Crippen molar-refractivity contribution in [2.75, 3.05) is 18.4 Å². The van der Waals surface area contributed by atoms with Gasteiger partial charge in [-0.3, -0.25) is 9.79 Å². The predicted molar refractivity (Wildman–Crippen MR) is 137 cm³/mol. The maximum Gasteiger partial charge on any atom is 0.251 e. The number of aliphatic imine (C=N–C) groups is 1. The molecule has 1 aliphatic rings. The molecule has 7 heteroatoms. The van der Waals surface area contributed by atoms with Crippen molar-refractivity contribution in [3.05, 3.63) is 69.0 Å². The van der Waals surface area contributed by atoms with Crippen LogP contribution in [0.3, 0.4) is 0 Å². The minimum absolute atomic E-state index is 0.0503. The lowest BCUT2D eigenvalue weighted by atomic mass is 10.0. The third-order valence-electron chi connectivity index (χ3n) is 5.59. The number of aryl methyl sites for hydroxylation is 2. The number of hydrogen-bond acceptors (Lipinski definition) is 6. The highest BCUT2D eigenvalue weighted by atomic mass is 32.1. The minimum atomic E-state index is -0.0503. The number of nitrogens with zero attached hydrogens (tertiary/aromatic N) is 2. The number of guanidine groups is 1. The van der Waals surface area contributed by atoms with E-state index in [4.69, 9.17) is 4.98 Å². The summed E-state index contributed by atoms with van der Waals surface area (Å²) in [6, 6.07) is 12.2. The van der Waals surface area contributed by atoms with Crippen LogP contribution in [0.5, 0.6) is 0 Å². The Morgan fingerprint density at radius 1 is 1.15 bits per heavy atom. The summed E-state index contributed by atoms with van der Waals surface area (Å²) in [5.41, 5.74) is 7.42. The van der Waals surface area contributed by atoms with Crippen LogP contribution in [0.1, 0.15) is 52.3 Å². The molecule has 0 spiro atoms. The van der Waals surface area contributed by atoms with E-state index >= 15 is 0 Å². The van der Waals surface area contributed by atoms with E-state index in [0.717, 1.165) is 53.8 Å². The molecule has 2 aromatic carbocycles. The van der Waals surface area contributed by atoms with E-state index in [1.165, 1.54) is 16.7 Å². The van der Waals surface area contributed by atoms with E-state index in [1.54, 1.807) is 11.3 Å². The summed E-state index contributed by atoms with van der Waals surface area (Å²) in [4.78, 5) is 21.5. The average molecular weight is 462 g/mol. The summed E-state index contributed by atoms with van der Waals surface area (Å²) < 4.78 is 0. The van der Waals surface area contributed by atoms with Gasteiger partial charge in [0.05, 0.1) is 10.7 Å². The van der Waals surface area contributed by atoms with E-state index in [0.29, 0.717) is 5.56 Å². The largest absolute Gasteiger partial charge is 0.356 e. The van der Waals surface area contributed by atoms with Gasteiger partial charge in [0.1, 0.15) is 0 Å². The van der Waals surface area contributed by atoms with Crippen molar-refractivity contribution in [2.45, 2.75) is 46.6 Å². The minimum Gasteiger partial charge on any atom is -0.356 e. The Morgan fingerprint density at radius 3 is 2.64 bits per heavy atom. The Morgan fingerprint density at radius 2 is 1.94 bits per heavy atom. The van der Waals surface area contributed by atoms with Crippen LogP contribution in [0.25, 0.3) is 11.3 Å². The Balaban J connectivity index is 1.45. The molecular formula is C26H31N5OS. The summed E-state index contributed by atoms with van der Waals surface area (Å²) in [6.07, 6.45) is 1.88. The number of carbonyl (C=O) groups is 1. The first-order chi connectivity index (χ1) is 15.9. The molecule has 3 aromatic rings. The van der Waals surface area contributed by atoms with Crippen LogP contribution in [0.2, 0.25) is 0 Å². The van der Waals surface area contributed by atoms with E-state index in [1.807, 2.05) is 38.1 Å². The lowest BCUT2D eigenvalue weighted by Crippen LogP contribution is -2.35. The zero-order valence-corrected chi connectivity index (χ0v) is 20.5. The summed E-state index contributed by atoms with van der Waals surface area (Å²) in [6.45, 7) is 10.0. The molecule has 0 bridgehead atoms. The summed E-state index contributed by atoms with van der Waals surface area (Å²) in [5.74, 6) is 0.805. The van der Waals surface area contributed by atoms with Gasteiger partial charge >= 0.3 is 0 Å². The van der Waals surface area contributed by atoms with E-state index in [2.05, 4.69) is 52.3 Å². The SMILES string of the molecule is Cc1cc(NC2=NCCCN2)c(C)cc1Cc1nc(-c2ccc(C(=O)NC(C)C)cc2)cs1. The standard InChI is InChI=1S/C26H31N5OS/c1-16(2)29-25(32)20-8-6-19(7-9-20)23-15-33-24(30-23)14-21-12-18(4)22(13-17(21)3)31-26-27-10-5-11-28-26/h6-9,12-13,15-16H,5,10-11,14H2,1-4H3,(H,29,32)(H2,27,28,31). The van der Waals surface area contributed by atoms with Gasteiger partial charge in [-0.25, -0.2) is 4.98 Å². The van der Waals surface area contributed by atoms with Gasteiger partial charge in [-0.15, -0.1) is 11.3 Å². The van der Waals surface area contributed by atoms with Crippen LogP contribution >= 0.6 is 11.3 Å². The number of anilines is 1. The highest BCUT2D eigenvalue weighted by molar-refractivity contribution is 7.10. The molecule has 1 aromatic heterocycles. The summed E-state index contributed by atoms with van der Waals surface area (Å²) >= 11 is 1.67. The number of hydrogen-bond donors (Lipinski definition) is 3. The van der Waals surface area contributed by atoms with Gasteiger partial charge in [-0.1, -0.05) is 18.2 Å². The normalized spacial score (nSPS) is 13.4. The number of thiazole rings is 1. The first kappa shape index (κ1) is 23.0. The van der Waals surface area contributed by atoms with Crippen molar-refractivity contribution in [1.29, 1.82) is 0 Å². The van der Waals surface area contributed by atoms with Crippen molar-refractivity contribution in [3.8, 4) is 11.3 Å². The predicted octanol–water partition coefficient (Wildman–Crippen LogP) is 4.92. The fourth-order valence-electron chi connectivity index (χ4n) is 3.77. The van der Waals surface area contributed by atoms with Crippen LogP contribution in [0, 0.1) is 13.8 Å². The van der Waals surface area contributed by atoms with Crippen molar-refractivity contribution >= 4 is 28.9 Å². The molecule has 0 saturated heterocycles. The number of benzene rings is 2. The van der Waals surface area contributed by atoms with Crippen LogP contribution in [0.4, 0.5) is 5.69 Å². The quantitative estimate of drug-likeness (QED) is 0.487. The van der Waals surface area contributed by atoms with Crippen molar-refractivity contribution in [3.63, 3.8) is 0 Å². The molecular weight excluding hydrogens is 430 g/mol. The molecule has 0 fully saturated rings. The second-order valence-electron chi connectivity index (χ2n) is 8.74. The molecule has 172 valence electrons. The van der Waals surface area contributed by atoms with E-state index < -0.39 is 0 Å². The highest BCUT2D eigenvalue weighted by Gasteiger charge is 2.12. The molecule has 2 heterocycles.